The van der Waals surface area contributed by atoms with Crippen molar-refractivity contribution in [2.75, 3.05) is 12.4 Å². The highest BCUT2D eigenvalue weighted by Crippen LogP contribution is 2.25. The Labute approximate surface area is 81.3 Å². The lowest BCUT2D eigenvalue weighted by molar-refractivity contribution is 0.185. The van der Waals surface area contributed by atoms with Gasteiger partial charge in [-0.25, -0.2) is 10.2 Å². The molecule has 5 heteroatoms. The number of rotatable bonds is 1. The van der Waals surface area contributed by atoms with E-state index in [1.165, 1.54) is 5.01 Å². The molecule has 1 aliphatic heterocycles. The molecule has 0 fully saturated rings. The summed E-state index contributed by atoms with van der Waals surface area (Å²) >= 11 is 0. The standard InChI is InChI=1S/C9H11N3O2/c1-10-12-5-6-4-7(13)2-3-8(6)11-9(12)14/h2-4,10,13H,5H2,1H3,(H,11,14). The molecular formula is C9H11N3O2. The largest absolute Gasteiger partial charge is 0.508 e. The van der Waals surface area contributed by atoms with Crippen LogP contribution in [0.1, 0.15) is 5.56 Å². The first-order valence-corrected chi connectivity index (χ1v) is 4.28. The molecule has 0 radical (unpaired) electrons. The summed E-state index contributed by atoms with van der Waals surface area (Å²) in [7, 11) is 1.67. The first-order chi connectivity index (χ1) is 6.70. The van der Waals surface area contributed by atoms with Crippen LogP contribution in [0.25, 0.3) is 0 Å². The Morgan fingerprint density at radius 3 is 3.07 bits per heavy atom. The number of nitrogens with zero attached hydrogens (tertiary/aromatic N) is 1. The molecule has 0 spiro atoms. The first-order valence-electron chi connectivity index (χ1n) is 4.28. The molecule has 0 saturated heterocycles. The van der Waals surface area contributed by atoms with Crippen LogP contribution in [0.15, 0.2) is 18.2 Å². The average molecular weight is 193 g/mol. The van der Waals surface area contributed by atoms with Gasteiger partial charge in [-0.15, -0.1) is 0 Å². The number of benzene rings is 1. The zero-order valence-corrected chi connectivity index (χ0v) is 7.74. The molecule has 1 heterocycles. The molecule has 0 unspecified atom stereocenters. The van der Waals surface area contributed by atoms with Gasteiger partial charge in [0.1, 0.15) is 5.75 Å². The average Bonchev–Trinajstić information content (AvgIpc) is 2.17. The van der Waals surface area contributed by atoms with Gasteiger partial charge in [0, 0.05) is 18.3 Å². The fourth-order valence-electron chi connectivity index (χ4n) is 1.44. The third-order valence-electron chi connectivity index (χ3n) is 2.17. The number of hydrazine groups is 1. The van der Waals surface area contributed by atoms with Crippen molar-refractivity contribution in [3.63, 3.8) is 0 Å². The molecular weight excluding hydrogens is 182 g/mol. The molecule has 0 bridgehead atoms. The maximum atomic E-state index is 11.4. The summed E-state index contributed by atoms with van der Waals surface area (Å²) in [6, 6.07) is 4.69. The van der Waals surface area contributed by atoms with Crippen molar-refractivity contribution in [2.24, 2.45) is 0 Å². The van der Waals surface area contributed by atoms with Crippen LogP contribution in [0.2, 0.25) is 0 Å². The van der Waals surface area contributed by atoms with Crippen LogP contribution in [-0.2, 0) is 6.54 Å². The molecule has 0 saturated carbocycles. The Bertz CT molecular complexity index is 378. The molecule has 5 nitrogen and oxygen atoms in total. The van der Waals surface area contributed by atoms with Crippen LogP contribution < -0.4 is 10.7 Å². The lowest BCUT2D eigenvalue weighted by atomic mass is 10.1. The number of phenolic OH excluding ortho intramolecular Hbond substituents is 1. The number of carbonyl (C=O) groups excluding carboxylic acids is 1. The molecule has 14 heavy (non-hydrogen) atoms. The van der Waals surface area contributed by atoms with E-state index >= 15 is 0 Å². The van der Waals surface area contributed by atoms with Gasteiger partial charge in [-0.3, -0.25) is 5.01 Å². The minimum Gasteiger partial charge on any atom is -0.508 e. The van der Waals surface area contributed by atoms with Crippen molar-refractivity contribution in [1.82, 2.24) is 10.4 Å². The highest BCUT2D eigenvalue weighted by molar-refractivity contribution is 5.92. The Hall–Kier alpha value is -1.75. The summed E-state index contributed by atoms with van der Waals surface area (Å²) in [6.07, 6.45) is 0. The minimum atomic E-state index is -0.189. The van der Waals surface area contributed by atoms with Crippen LogP contribution in [0.5, 0.6) is 5.75 Å². The van der Waals surface area contributed by atoms with Crippen molar-refractivity contribution in [3.05, 3.63) is 23.8 Å². The molecule has 0 aromatic heterocycles. The molecule has 3 N–H and O–H groups in total. The van der Waals surface area contributed by atoms with Crippen LogP contribution in [-0.4, -0.2) is 23.2 Å². The quantitative estimate of drug-likeness (QED) is 0.580. The van der Waals surface area contributed by atoms with Crippen molar-refractivity contribution in [2.45, 2.75) is 6.54 Å². The van der Waals surface area contributed by atoms with E-state index in [0.717, 1.165) is 11.3 Å². The summed E-state index contributed by atoms with van der Waals surface area (Å²) in [6.45, 7) is 0.450. The van der Waals surface area contributed by atoms with Crippen LogP contribution >= 0.6 is 0 Å². The van der Waals surface area contributed by atoms with E-state index in [1.54, 1.807) is 25.2 Å². The number of anilines is 1. The lowest BCUT2D eigenvalue weighted by Crippen LogP contribution is -2.45. The maximum Gasteiger partial charge on any atom is 0.336 e. The van der Waals surface area contributed by atoms with Crippen molar-refractivity contribution in [1.29, 1.82) is 0 Å². The van der Waals surface area contributed by atoms with Gasteiger partial charge < -0.3 is 10.4 Å². The molecule has 74 valence electrons. The van der Waals surface area contributed by atoms with Crippen LogP contribution in [0.4, 0.5) is 10.5 Å². The van der Waals surface area contributed by atoms with Gasteiger partial charge in [0.2, 0.25) is 0 Å². The Balaban J connectivity index is 2.36. The minimum absolute atomic E-state index is 0.189. The molecule has 1 aliphatic rings. The fraction of sp³-hybridized carbons (Fsp3) is 0.222. The van der Waals surface area contributed by atoms with Crippen molar-refractivity contribution in [3.8, 4) is 5.75 Å². The summed E-state index contributed by atoms with van der Waals surface area (Å²) in [5.41, 5.74) is 4.39. The molecule has 2 rings (SSSR count). The van der Waals surface area contributed by atoms with Gasteiger partial charge >= 0.3 is 6.03 Å². The predicted molar refractivity (Wildman–Crippen MR) is 51.7 cm³/mol. The van der Waals surface area contributed by atoms with E-state index in [4.69, 9.17) is 0 Å². The zero-order valence-electron chi connectivity index (χ0n) is 7.74. The fourth-order valence-corrected chi connectivity index (χ4v) is 1.44. The van der Waals surface area contributed by atoms with E-state index in [-0.39, 0.29) is 11.8 Å². The third kappa shape index (κ3) is 1.38. The molecule has 0 atom stereocenters. The van der Waals surface area contributed by atoms with Gasteiger partial charge in [0.15, 0.2) is 0 Å². The Kier molecular flexibility index (Phi) is 2.01. The number of urea groups is 1. The SMILES string of the molecule is CNN1Cc2cc(O)ccc2NC1=O. The van der Waals surface area contributed by atoms with Crippen LogP contribution in [0, 0.1) is 0 Å². The zero-order chi connectivity index (χ0) is 10.1. The number of nitrogens with one attached hydrogen (secondary N) is 2. The molecule has 0 aliphatic carbocycles. The van der Waals surface area contributed by atoms with Crippen molar-refractivity contribution >= 4 is 11.7 Å². The second-order valence-electron chi connectivity index (χ2n) is 3.08. The number of aromatic hydroxyl groups is 1. The Morgan fingerprint density at radius 1 is 1.57 bits per heavy atom. The lowest BCUT2D eigenvalue weighted by Gasteiger charge is -2.28. The van der Waals surface area contributed by atoms with E-state index in [0.29, 0.717) is 6.54 Å². The van der Waals surface area contributed by atoms with E-state index in [9.17, 15) is 9.90 Å². The number of hydrogen-bond donors (Lipinski definition) is 3. The second kappa shape index (κ2) is 3.19. The number of carbonyl (C=O) groups is 1. The second-order valence-corrected chi connectivity index (χ2v) is 3.08. The number of fused-ring (bicyclic) bond motifs is 1. The monoisotopic (exact) mass is 193 g/mol. The third-order valence-corrected chi connectivity index (χ3v) is 2.17. The number of hydrogen-bond acceptors (Lipinski definition) is 3. The summed E-state index contributed by atoms with van der Waals surface area (Å²) < 4.78 is 0. The van der Waals surface area contributed by atoms with Crippen molar-refractivity contribution < 1.29 is 9.90 Å². The number of amides is 2. The van der Waals surface area contributed by atoms with E-state index < -0.39 is 0 Å². The first kappa shape index (κ1) is 8.83. The van der Waals surface area contributed by atoms with Gasteiger partial charge in [-0.1, -0.05) is 0 Å². The summed E-state index contributed by atoms with van der Waals surface area (Å²) in [4.78, 5) is 11.4. The van der Waals surface area contributed by atoms with Crippen LogP contribution in [0.3, 0.4) is 0 Å². The highest BCUT2D eigenvalue weighted by Gasteiger charge is 2.21. The molecule has 1 aromatic carbocycles. The molecule has 2 amide bonds. The predicted octanol–water partition coefficient (Wildman–Crippen LogP) is 0.874. The molecule has 1 aromatic rings. The van der Waals surface area contributed by atoms with Gasteiger partial charge in [-0.05, 0) is 18.2 Å². The van der Waals surface area contributed by atoms with E-state index in [1.807, 2.05) is 0 Å². The smallest absolute Gasteiger partial charge is 0.336 e. The van der Waals surface area contributed by atoms with Gasteiger partial charge in [-0.2, -0.15) is 0 Å². The summed E-state index contributed by atoms with van der Waals surface area (Å²) in [5, 5.41) is 13.4. The topological polar surface area (TPSA) is 64.6 Å². The normalized spacial score (nSPS) is 14.9. The van der Waals surface area contributed by atoms with Gasteiger partial charge in [0.25, 0.3) is 0 Å². The summed E-state index contributed by atoms with van der Waals surface area (Å²) in [5.74, 6) is 0.205. The highest BCUT2D eigenvalue weighted by atomic mass is 16.3. The number of phenols is 1. The Morgan fingerprint density at radius 2 is 2.36 bits per heavy atom. The maximum absolute atomic E-state index is 11.4. The van der Waals surface area contributed by atoms with Gasteiger partial charge in [0.05, 0.1) is 6.54 Å². The van der Waals surface area contributed by atoms with E-state index in [2.05, 4.69) is 10.7 Å².